The predicted octanol–water partition coefficient (Wildman–Crippen LogP) is 2.15. The first-order valence-corrected chi connectivity index (χ1v) is 7.54. The van der Waals surface area contributed by atoms with Gasteiger partial charge in [-0.2, -0.15) is 18.2 Å². The summed E-state index contributed by atoms with van der Waals surface area (Å²) in [4.78, 5) is 15.7. The molecule has 2 aromatic rings. The minimum atomic E-state index is -5.10. The zero-order valence-corrected chi connectivity index (χ0v) is 13.3. The number of hydrogen-bond donors (Lipinski definition) is 1. The van der Waals surface area contributed by atoms with Crippen molar-refractivity contribution in [2.24, 2.45) is 0 Å². The average molecular weight is 377 g/mol. The highest BCUT2D eigenvalue weighted by atomic mass is 32.2. The van der Waals surface area contributed by atoms with Crippen LogP contribution in [-0.2, 0) is 20.5 Å². The van der Waals surface area contributed by atoms with Gasteiger partial charge < -0.3 is 9.47 Å². The van der Waals surface area contributed by atoms with Crippen LogP contribution in [0.4, 0.5) is 13.2 Å². The summed E-state index contributed by atoms with van der Waals surface area (Å²) in [5.41, 5.74) is -5.40. The lowest BCUT2D eigenvalue weighted by atomic mass is 10.1. The Labute approximate surface area is 141 Å². The van der Waals surface area contributed by atoms with Gasteiger partial charge in [-0.3, -0.25) is 14.0 Å². The van der Waals surface area contributed by atoms with Crippen LogP contribution >= 0.6 is 0 Å². The van der Waals surface area contributed by atoms with Crippen molar-refractivity contribution in [3.63, 3.8) is 0 Å². The van der Waals surface area contributed by atoms with Crippen molar-refractivity contribution in [1.29, 1.82) is 0 Å². The van der Waals surface area contributed by atoms with Crippen LogP contribution in [0.2, 0.25) is 0 Å². The third-order valence-electron chi connectivity index (χ3n) is 2.59. The Morgan fingerprint density at radius 2 is 2.08 bits per heavy atom. The Morgan fingerprint density at radius 3 is 2.68 bits per heavy atom. The molecule has 0 aliphatic carbocycles. The smallest absolute Gasteiger partial charge is 0.490 e. The summed E-state index contributed by atoms with van der Waals surface area (Å²) in [6, 6.07) is 5.85. The van der Waals surface area contributed by atoms with Gasteiger partial charge in [-0.05, 0) is 6.07 Å². The zero-order valence-electron chi connectivity index (χ0n) is 12.4. The minimum absolute atomic E-state index is 0.0305. The maximum Gasteiger partial charge on any atom is 0.490 e. The number of halogens is 3. The summed E-state index contributed by atoms with van der Waals surface area (Å²) in [6.07, 6.45) is 1.71. The topological polar surface area (TPSA) is 104 Å². The van der Waals surface area contributed by atoms with Gasteiger partial charge in [0.15, 0.2) is 6.33 Å². The maximum atomic E-state index is 12.4. The number of nitrogens with zero attached hydrogens (tertiary/aromatic N) is 2. The van der Waals surface area contributed by atoms with Crippen LogP contribution in [0.3, 0.4) is 0 Å². The number of ether oxygens (including phenoxy) is 2. The molecule has 134 valence electrons. The van der Waals surface area contributed by atoms with E-state index >= 15 is 0 Å². The van der Waals surface area contributed by atoms with Gasteiger partial charge in [0.2, 0.25) is 11.0 Å². The molecule has 1 aromatic carbocycles. The number of benzene rings is 1. The van der Waals surface area contributed by atoms with Gasteiger partial charge in [-0.25, -0.2) is 4.21 Å². The van der Waals surface area contributed by atoms with E-state index in [4.69, 9.17) is 9.47 Å². The van der Waals surface area contributed by atoms with Crippen molar-refractivity contribution in [2.75, 3.05) is 7.11 Å². The first kappa shape index (κ1) is 18.4. The fourth-order valence-corrected chi connectivity index (χ4v) is 2.03. The number of alkyl halides is 3. The lowest BCUT2D eigenvalue weighted by Gasteiger charge is -2.12. The van der Waals surface area contributed by atoms with E-state index in [9.17, 15) is 22.2 Å². The number of para-hydroxylation sites is 1. The third-order valence-corrected chi connectivity index (χ3v) is 3.38. The first-order valence-electron chi connectivity index (χ1n) is 6.39. The van der Waals surface area contributed by atoms with Crippen molar-refractivity contribution in [3.05, 3.63) is 42.4 Å². The molecule has 1 amide bonds. The monoisotopic (exact) mass is 377 g/mol. The van der Waals surface area contributed by atoms with Crippen molar-refractivity contribution >= 4 is 22.5 Å². The van der Waals surface area contributed by atoms with Gasteiger partial charge in [0.1, 0.15) is 5.75 Å². The van der Waals surface area contributed by atoms with Crippen LogP contribution < -0.4 is 9.46 Å². The zero-order chi connectivity index (χ0) is 18.4. The van der Waals surface area contributed by atoms with Crippen LogP contribution in [0.15, 0.2) is 41.4 Å². The highest BCUT2D eigenvalue weighted by Crippen LogP contribution is 2.30. The molecule has 1 N–H and O–H groups in total. The van der Waals surface area contributed by atoms with E-state index in [0.29, 0.717) is 0 Å². The quantitative estimate of drug-likeness (QED) is 0.608. The number of methoxy groups -OCH3 is 1. The number of nitrogens with one attached hydrogen (secondary N) is 1. The summed E-state index contributed by atoms with van der Waals surface area (Å²) in [5, 5.41) is 3.34. The molecule has 0 radical (unpaired) electrons. The normalized spacial score (nSPS) is 13.2. The van der Waals surface area contributed by atoms with E-state index in [0.717, 1.165) is 12.6 Å². The predicted molar refractivity (Wildman–Crippen MR) is 78.1 cm³/mol. The Morgan fingerprint density at radius 1 is 1.36 bits per heavy atom. The molecule has 25 heavy (non-hydrogen) atoms. The van der Waals surface area contributed by atoms with Crippen LogP contribution in [-0.4, -0.2) is 32.9 Å². The van der Waals surface area contributed by atoms with E-state index in [1.807, 2.05) is 0 Å². The molecule has 0 saturated carbocycles. The fourth-order valence-electron chi connectivity index (χ4n) is 1.63. The largest absolute Gasteiger partial charge is 0.504 e. The molecule has 1 heterocycles. The number of carbonyl (C=O) groups excluding carboxylic acids is 1. The molecule has 0 spiro atoms. The summed E-state index contributed by atoms with van der Waals surface area (Å²) >= 11 is 0. The Kier molecular flexibility index (Phi) is 5.75. The molecule has 1 aromatic heterocycles. The highest BCUT2D eigenvalue weighted by Gasteiger charge is 2.39. The van der Waals surface area contributed by atoms with Crippen LogP contribution in [0.25, 0.3) is 5.57 Å². The van der Waals surface area contributed by atoms with Crippen LogP contribution in [0, 0.1) is 0 Å². The van der Waals surface area contributed by atoms with Crippen molar-refractivity contribution in [3.8, 4) is 11.8 Å². The first-order chi connectivity index (χ1) is 11.8. The molecular weight excluding hydrogens is 367 g/mol. The van der Waals surface area contributed by atoms with Crippen LogP contribution in [0.1, 0.15) is 5.56 Å². The van der Waals surface area contributed by atoms with Gasteiger partial charge in [0.05, 0.1) is 18.9 Å². The summed E-state index contributed by atoms with van der Waals surface area (Å²) in [5.74, 6) is -1.25. The second-order valence-electron chi connectivity index (χ2n) is 4.22. The SMILES string of the molecule is CO/C=C(/C(=O)NS(=O)C(F)(F)F)c1ccccc1Oc1ncno1. The summed E-state index contributed by atoms with van der Waals surface area (Å²) < 4.78 is 64.2. The number of carbonyl (C=O) groups is 1. The molecular formula is C13H10F3N3O5S. The van der Waals surface area contributed by atoms with E-state index in [1.54, 1.807) is 6.07 Å². The van der Waals surface area contributed by atoms with Crippen molar-refractivity contribution in [1.82, 2.24) is 14.9 Å². The van der Waals surface area contributed by atoms with Crippen molar-refractivity contribution in [2.45, 2.75) is 5.51 Å². The molecule has 0 saturated heterocycles. The van der Waals surface area contributed by atoms with Gasteiger partial charge in [-0.1, -0.05) is 23.4 Å². The number of aromatic nitrogens is 2. The molecule has 0 aliphatic rings. The second-order valence-corrected chi connectivity index (χ2v) is 5.42. The molecule has 8 nitrogen and oxygen atoms in total. The standard InChI is InChI=1S/C13H10F3N3O5S/c1-22-6-9(11(20)19-25(21)13(14,15)16)8-4-2-3-5-10(8)23-12-17-7-18-24-12/h2-7H,1H3,(H,19,20)/b9-6+. The number of amides is 1. The van der Waals surface area contributed by atoms with E-state index in [-0.39, 0.29) is 23.0 Å². The van der Waals surface area contributed by atoms with E-state index in [2.05, 4.69) is 14.7 Å². The molecule has 0 fully saturated rings. The lowest BCUT2D eigenvalue weighted by Crippen LogP contribution is -2.35. The fraction of sp³-hybridized carbons (Fsp3) is 0.154. The van der Waals surface area contributed by atoms with E-state index in [1.165, 1.54) is 30.0 Å². The lowest BCUT2D eigenvalue weighted by molar-refractivity contribution is -0.114. The molecule has 1 unspecified atom stereocenters. The number of hydrogen-bond acceptors (Lipinski definition) is 7. The van der Waals surface area contributed by atoms with Gasteiger partial charge in [0, 0.05) is 5.56 Å². The molecule has 0 aliphatic heterocycles. The maximum absolute atomic E-state index is 12.4. The Bertz CT molecular complexity index is 792. The summed E-state index contributed by atoms with van der Waals surface area (Å²) in [7, 11) is -2.39. The molecule has 0 bridgehead atoms. The van der Waals surface area contributed by atoms with Crippen LogP contribution in [0.5, 0.6) is 11.8 Å². The molecule has 12 heteroatoms. The van der Waals surface area contributed by atoms with Gasteiger partial charge in [0.25, 0.3) is 5.91 Å². The summed E-state index contributed by atoms with van der Waals surface area (Å²) in [6.45, 7) is 0. The second kappa shape index (κ2) is 7.79. The minimum Gasteiger partial charge on any atom is -0.504 e. The van der Waals surface area contributed by atoms with E-state index < -0.39 is 22.4 Å². The highest BCUT2D eigenvalue weighted by molar-refractivity contribution is 7.84. The van der Waals surface area contributed by atoms with Gasteiger partial charge >= 0.3 is 11.6 Å². The number of rotatable bonds is 6. The third kappa shape index (κ3) is 4.79. The molecule has 1 atom stereocenters. The van der Waals surface area contributed by atoms with Gasteiger partial charge in [-0.15, -0.1) is 0 Å². The van der Waals surface area contributed by atoms with Crippen molar-refractivity contribution < 1.29 is 36.2 Å². The Hall–Kier alpha value is -2.89. The Balaban J connectivity index is 2.33. The average Bonchev–Trinajstić information content (AvgIpc) is 3.05. The molecule has 2 rings (SSSR count).